The first-order valence-electron chi connectivity index (χ1n) is 8.75. The number of carbonyl (C=O) groups excluding carboxylic acids is 2. The van der Waals surface area contributed by atoms with Gasteiger partial charge in [0.2, 0.25) is 0 Å². The maximum absolute atomic E-state index is 12.9. The van der Waals surface area contributed by atoms with Crippen LogP contribution in [-0.4, -0.2) is 31.2 Å². The van der Waals surface area contributed by atoms with Gasteiger partial charge >= 0.3 is 12.6 Å². The minimum atomic E-state index is -3.04. The van der Waals surface area contributed by atoms with E-state index >= 15 is 0 Å². The van der Waals surface area contributed by atoms with E-state index in [1.807, 2.05) is 0 Å². The van der Waals surface area contributed by atoms with Gasteiger partial charge in [-0.25, -0.2) is 9.18 Å². The van der Waals surface area contributed by atoms with E-state index in [1.54, 1.807) is 6.92 Å². The number of nitrogens with one attached hydrogen (secondary N) is 1. The Bertz CT molecular complexity index is 843. The van der Waals surface area contributed by atoms with Gasteiger partial charge in [-0.1, -0.05) is 12.1 Å². The van der Waals surface area contributed by atoms with Crippen LogP contribution in [-0.2, 0) is 16.1 Å². The van der Waals surface area contributed by atoms with Crippen LogP contribution in [0.4, 0.5) is 13.2 Å². The maximum atomic E-state index is 12.9. The molecule has 0 unspecified atom stereocenters. The van der Waals surface area contributed by atoms with Crippen molar-refractivity contribution >= 4 is 11.9 Å². The van der Waals surface area contributed by atoms with E-state index in [2.05, 4.69) is 10.1 Å². The van der Waals surface area contributed by atoms with Gasteiger partial charge in [-0.05, 0) is 49.7 Å². The molecule has 29 heavy (non-hydrogen) atoms. The Labute approximate surface area is 165 Å². The minimum absolute atomic E-state index is 0.00764. The third-order valence-electron chi connectivity index (χ3n) is 3.73. The van der Waals surface area contributed by atoms with Gasteiger partial charge in [-0.2, -0.15) is 8.78 Å². The summed E-state index contributed by atoms with van der Waals surface area (Å²) in [5, 5.41) is 2.57. The molecule has 2 rings (SSSR count). The summed E-state index contributed by atoms with van der Waals surface area (Å²) in [6.45, 7) is 0.285. The second kappa shape index (κ2) is 10.4. The average molecular weight is 411 g/mol. The van der Waals surface area contributed by atoms with Crippen molar-refractivity contribution in [3.05, 3.63) is 59.4 Å². The smallest absolute Gasteiger partial charge is 0.387 e. The van der Waals surface area contributed by atoms with Crippen LogP contribution in [0.1, 0.15) is 29.8 Å². The maximum Gasteiger partial charge on any atom is 0.387 e. The molecule has 1 N–H and O–H groups in total. The number of hydrogen-bond acceptors (Lipinski definition) is 5. The summed E-state index contributed by atoms with van der Waals surface area (Å²) in [4.78, 5) is 24.4. The summed E-state index contributed by atoms with van der Waals surface area (Å²) in [6, 6.07) is 9.16. The molecule has 0 bridgehead atoms. The second-order valence-corrected chi connectivity index (χ2v) is 5.86. The Morgan fingerprint density at radius 3 is 2.38 bits per heavy atom. The molecule has 1 amide bonds. The Hall–Kier alpha value is -3.23. The first-order valence-corrected chi connectivity index (χ1v) is 8.75. The highest BCUT2D eigenvalue weighted by atomic mass is 19.3. The van der Waals surface area contributed by atoms with Crippen LogP contribution >= 0.6 is 0 Å². The zero-order valence-corrected chi connectivity index (χ0v) is 15.8. The largest absolute Gasteiger partial charge is 0.490 e. The number of benzene rings is 2. The topological polar surface area (TPSA) is 73.9 Å². The zero-order chi connectivity index (χ0) is 21.4. The van der Waals surface area contributed by atoms with Crippen molar-refractivity contribution in [1.82, 2.24) is 5.32 Å². The Morgan fingerprint density at radius 2 is 1.76 bits per heavy atom. The minimum Gasteiger partial charge on any atom is -0.490 e. The molecule has 0 saturated carbocycles. The Kier molecular flexibility index (Phi) is 7.88. The van der Waals surface area contributed by atoms with Crippen molar-refractivity contribution in [2.75, 3.05) is 6.61 Å². The number of alkyl halides is 2. The van der Waals surface area contributed by atoms with Crippen LogP contribution < -0.4 is 14.8 Å². The van der Waals surface area contributed by atoms with Crippen molar-refractivity contribution < 1.29 is 37.0 Å². The van der Waals surface area contributed by atoms with E-state index in [0.29, 0.717) is 5.56 Å². The molecule has 1 atom stereocenters. The van der Waals surface area contributed by atoms with Gasteiger partial charge in [0, 0.05) is 6.54 Å². The fourth-order valence-corrected chi connectivity index (χ4v) is 2.31. The molecule has 0 fully saturated rings. The third-order valence-corrected chi connectivity index (χ3v) is 3.73. The fraction of sp³-hybridized carbons (Fsp3) is 0.300. The third kappa shape index (κ3) is 6.70. The van der Waals surface area contributed by atoms with Crippen LogP contribution in [0.15, 0.2) is 42.5 Å². The lowest BCUT2D eigenvalue weighted by Gasteiger charge is -2.15. The van der Waals surface area contributed by atoms with Crippen LogP contribution in [0, 0.1) is 5.82 Å². The highest BCUT2D eigenvalue weighted by Gasteiger charge is 2.21. The fourth-order valence-electron chi connectivity index (χ4n) is 2.31. The van der Waals surface area contributed by atoms with E-state index in [1.165, 1.54) is 43.3 Å². The standard InChI is InChI=1S/C20H20F3NO5/c1-3-27-17-10-14(6-9-16(17)29-20(22)23)19(26)28-12(2)18(25)24-11-13-4-7-15(21)8-5-13/h4-10,12,20H,3,11H2,1-2H3,(H,24,25)/t12-/m1/s1. The Balaban J connectivity index is 1.97. The van der Waals surface area contributed by atoms with E-state index in [0.717, 1.165) is 6.07 Å². The van der Waals surface area contributed by atoms with Crippen molar-refractivity contribution in [3.8, 4) is 11.5 Å². The molecule has 0 aliphatic carbocycles. The van der Waals surface area contributed by atoms with Crippen molar-refractivity contribution in [2.45, 2.75) is 33.1 Å². The lowest BCUT2D eigenvalue weighted by atomic mass is 10.2. The van der Waals surface area contributed by atoms with Gasteiger partial charge in [0.25, 0.3) is 5.91 Å². The number of rotatable bonds is 9. The van der Waals surface area contributed by atoms with Gasteiger partial charge in [-0.3, -0.25) is 4.79 Å². The average Bonchev–Trinajstić information content (AvgIpc) is 2.68. The first kappa shape index (κ1) is 22.1. The molecule has 0 aliphatic heterocycles. The second-order valence-electron chi connectivity index (χ2n) is 5.86. The molecule has 2 aromatic carbocycles. The molecule has 0 heterocycles. The molecule has 0 spiro atoms. The van der Waals surface area contributed by atoms with Gasteiger partial charge in [0.1, 0.15) is 5.82 Å². The molecular formula is C20H20F3NO5. The van der Waals surface area contributed by atoms with Gasteiger partial charge < -0.3 is 19.5 Å². The van der Waals surface area contributed by atoms with Gasteiger partial charge in [-0.15, -0.1) is 0 Å². The Morgan fingerprint density at radius 1 is 1.07 bits per heavy atom. The SMILES string of the molecule is CCOc1cc(C(=O)O[C@H](C)C(=O)NCc2ccc(F)cc2)ccc1OC(F)F. The molecule has 2 aromatic rings. The number of esters is 1. The predicted molar refractivity (Wildman–Crippen MR) is 97.4 cm³/mol. The highest BCUT2D eigenvalue weighted by molar-refractivity contribution is 5.92. The number of carbonyl (C=O) groups is 2. The number of amides is 1. The van der Waals surface area contributed by atoms with Crippen molar-refractivity contribution in [2.24, 2.45) is 0 Å². The van der Waals surface area contributed by atoms with Crippen LogP contribution in [0.2, 0.25) is 0 Å². The summed E-state index contributed by atoms with van der Waals surface area (Å²) in [7, 11) is 0. The summed E-state index contributed by atoms with van der Waals surface area (Å²) < 4.78 is 52.4. The molecule has 0 radical (unpaired) electrons. The van der Waals surface area contributed by atoms with Crippen LogP contribution in [0.3, 0.4) is 0 Å². The molecular weight excluding hydrogens is 391 g/mol. The quantitative estimate of drug-likeness (QED) is 0.637. The molecule has 0 aromatic heterocycles. The number of hydrogen-bond donors (Lipinski definition) is 1. The predicted octanol–water partition coefficient (Wildman–Crippen LogP) is 3.69. The molecule has 9 heteroatoms. The molecule has 156 valence electrons. The first-order chi connectivity index (χ1) is 13.8. The molecule has 0 saturated heterocycles. The number of halogens is 3. The molecule has 0 aliphatic rings. The summed E-state index contributed by atoms with van der Waals surface area (Å²) >= 11 is 0. The van der Waals surface area contributed by atoms with Gasteiger partial charge in [0.15, 0.2) is 17.6 Å². The van der Waals surface area contributed by atoms with Crippen LogP contribution in [0.25, 0.3) is 0 Å². The van der Waals surface area contributed by atoms with Crippen molar-refractivity contribution in [3.63, 3.8) is 0 Å². The number of ether oxygens (including phenoxy) is 3. The van der Waals surface area contributed by atoms with Crippen molar-refractivity contribution in [1.29, 1.82) is 0 Å². The van der Waals surface area contributed by atoms with E-state index in [-0.39, 0.29) is 30.2 Å². The lowest BCUT2D eigenvalue weighted by Crippen LogP contribution is -2.35. The van der Waals surface area contributed by atoms with E-state index < -0.39 is 30.4 Å². The van der Waals surface area contributed by atoms with Crippen LogP contribution in [0.5, 0.6) is 11.5 Å². The normalized spacial score (nSPS) is 11.7. The lowest BCUT2D eigenvalue weighted by molar-refractivity contribution is -0.129. The summed E-state index contributed by atoms with van der Waals surface area (Å²) in [5.74, 6) is -2.04. The summed E-state index contributed by atoms with van der Waals surface area (Å²) in [5.41, 5.74) is 0.683. The summed E-state index contributed by atoms with van der Waals surface area (Å²) in [6.07, 6.45) is -1.12. The monoisotopic (exact) mass is 411 g/mol. The van der Waals surface area contributed by atoms with Gasteiger partial charge in [0.05, 0.1) is 12.2 Å². The van der Waals surface area contributed by atoms with E-state index in [4.69, 9.17) is 9.47 Å². The molecule has 6 nitrogen and oxygen atoms in total. The zero-order valence-electron chi connectivity index (χ0n) is 15.8. The highest BCUT2D eigenvalue weighted by Crippen LogP contribution is 2.30. The van der Waals surface area contributed by atoms with E-state index in [9.17, 15) is 22.8 Å².